The highest BCUT2D eigenvalue weighted by atomic mass is 16.7. The highest BCUT2D eigenvalue weighted by Crippen LogP contribution is 2.59. The van der Waals surface area contributed by atoms with Gasteiger partial charge < -0.3 is 14.6 Å². The molecule has 0 saturated carbocycles. The maximum Gasteiger partial charge on any atom is 0.219 e. The van der Waals surface area contributed by atoms with Crippen molar-refractivity contribution in [3.63, 3.8) is 0 Å². The molecule has 5 atom stereocenters. The standard InChI is InChI=1S/C20H30O3/c1-13-6-5-10-19(4)17(23-19)20(21)15-8-7-14(2)18(3,11-9-13)16(15)12-22-20/h6,14,17,21H,5,7-12H2,1-4H3/b13-6+/t14-,17-,18+,19+,20+/m1/s1. The van der Waals surface area contributed by atoms with Crippen molar-refractivity contribution in [1.82, 2.24) is 0 Å². The average Bonchev–Trinajstić information content (AvgIpc) is 3.05. The number of hydrogen-bond donors (Lipinski definition) is 1. The Kier molecular flexibility index (Phi) is 3.40. The van der Waals surface area contributed by atoms with Crippen molar-refractivity contribution in [2.75, 3.05) is 6.61 Å². The Labute approximate surface area is 139 Å². The van der Waals surface area contributed by atoms with E-state index < -0.39 is 5.79 Å². The largest absolute Gasteiger partial charge is 0.360 e. The van der Waals surface area contributed by atoms with E-state index in [1.165, 1.54) is 11.1 Å². The van der Waals surface area contributed by atoms with Crippen molar-refractivity contribution in [3.05, 3.63) is 22.8 Å². The second-order valence-electron chi connectivity index (χ2n) is 8.70. The lowest BCUT2D eigenvalue weighted by atomic mass is 9.62. The van der Waals surface area contributed by atoms with Crippen LogP contribution in [0.5, 0.6) is 0 Å². The number of aliphatic hydroxyl groups is 1. The summed E-state index contributed by atoms with van der Waals surface area (Å²) in [5.74, 6) is -0.543. The Bertz CT molecular complexity index is 592. The molecule has 0 aromatic rings. The SMILES string of the molecule is C/C1=C\CC[C@]2(C)O[C@H]2[C@@]2(O)OCC3=C2CC[C@@H](C)[C@]3(C)CC1. The third-order valence-corrected chi connectivity index (χ3v) is 7.25. The lowest BCUT2D eigenvalue weighted by Gasteiger charge is -2.42. The molecule has 1 N–H and O–H groups in total. The zero-order valence-corrected chi connectivity index (χ0v) is 14.9. The summed E-state index contributed by atoms with van der Waals surface area (Å²) in [5, 5.41) is 11.3. The Morgan fingerprint density at radius 3 is 2.74 bits per heavy atom. The number of allylic oxidation sites excluding steroid dienone is 2. The molecule has 3 heteroatoms. The Morgan fingerprint density at radius 1 is 1.17 bits per heavy atom. The zero-order valence-electron chi connectivity index (χ0n) is 14.9. The van der Waals surface area contributed by atoms with E-state index in [1.54, 1.807) is 0 Å². The molecule has 23 heavy (non-hydrogen) atoms. The van der Waals surface area contributed by atoms with E-state index in [9.17, 15) is 5.11 Å². The first-order chi connectivity index (χ1) is 10.8. The fourth-order valence-corrected chi connectivity index (χ4v) is 5.10. The van der Waals surface area contributed by atoms with Crippen molar-refractivity contribution in [1.29, 1.82) is 0 Å². The molecule has 0 aromatic heterocycles. The van der Waals surface area contributed by atoms with E-state index in [0.717, 1.165) is 44.1 Å². The molecule has 3 nitrogen and oxygen atoms in total. The second kappa shape index (κ2) is 4.93. The van der Waals surface area contributed by atoms with Crippen LogP contribution in [0.1, 0.15) is 66.2 Å². The summed E-state index contributed by atoms with van der Waals surface area (Å²) in [4.78, 5) is 0. The highest BCUT2D eigenvalue weighted by Gasteiger charge is 2.67. The molecule has 2 aliphatic carbocycles. The van der Waals surface area contributed by atoms with Crippen LogP contribution in [-0.2, 0) is 9.47 Å². The molecule has 4 rings (SSSR count). The molecule has 0 aromatic carbocycles. The maximum atomic E-state index is 11.3. The van der Waals surface area contributed by atoms with Crippen LogP contribution in [0, 0.1) is 11.3 Å². The summed E-state index contributed by atoms with van der Waals surface area (Å²) in [6.07, 6.45) is 8.51. The van der Waals surface area contributed by atoms with Crippen molar-refractivity contribution < 1.29 is 14.6 Å². The number of epoxide rings is 1. The first kappa shape index (κ1) is 15.9. The molecular weight excluding hydrogens is 288 g/mol. The molecule has 4 bridgehead atoms. The van der Waals surface area contributed by atoms with Crippen LogP contribution in [0.4, 0.5) is 0 Å². The van der Waals surface area contributed by atoms with Crippen LogP contribution in [0.2, 0.25) is 0 Å². The van der Waals surface area contributed by atoms with Crippen molar-refractivity contribution in [2.24, 2.45) is 11.3 Å². The summed E-state index contributed by atoms with van der Waals surface area (Å²) in [5.41, 5.74) is 3.89. The Balaban J connectivity index is 1.79. The number of rotatable bonds is 0. The van der Waals surface area contributed by atoms with E-state index in [1.807, 2.05) is 0 Å². The summed E-state index contributed by atoms with van der Waals surface area (Å²) >= 11 is 0. The molecule has 0 spiro atoms. The zero-order chi connectivity index (χ0) is 16.5. The van der Waals surface area contributed by atoms with Crippen LogP contribution in [-0.4, -0.2) is 29.2 Å². The smallest absolute Gasteiger partial charge is 0.219 e. The van der Waals surface area contributed by atoms with E-state index in [-0.39, 0.29) is 17.1 Å². The molecule has 2 heterocycles. The quantitative estimate of drug-likeness (QED) is 0.540. The molecule has 1 saturated heterocycles. The van der Waals surface area contributed by atoms with Gasteiger partial charge in [0.2, 0.25) is 5.79 Å². The lowest BCUT2D eigenvalue weighted by Crippen LogP contribution is -2.42. The Hall–Kier alpha value is -0.640. The van der Waals surface area contributed by atoms with Crippen LogP contribution < -0.4 is 0 Å². The summed E-state index contributed by atoms with van der Waals surface area (Å²) in [6.45, 7) is 9.70. The van der Waals surface area contributed by atoms with Crippen LogP contribution >= 0.6 is 0 Å². The summed E-state index contributed by atoms with van der Waals surface area (Å²) in [7, 11) is 0. The molecule has 0 unspecified atom stereocenters. The van der Waals surface area contributed by atoms with E-state index >= 15 is 0 Å². The summed E-state index contributed by atoms with van der Waals surface area (Å²) in [6, 6.07) is 0. The van der Waals surface area contributed by atoms with Gasteiger partial charge in [-0.05, 0) is 74.9 Å². The van der Waals surface area contributed by atoms with Crippen LogP contribution in [0.3, 0.4) is 0 Å². The molecule has 128 valence electrons. The number of hydrogen-bond acceptors (Lipinski definition) is 3. The topological polar surface area (TPSA) is 42.0 Å². The van der Waals surface area contributed by atoms with Crippen molar-refractivity contribution in [3.8, 4) is 0 Å². The predicted octanol–water partition coefficient (Wildman–Crippen LogP) is 4.12. The van der Waals surface area contributed by atoms with Gasteiger partial charge in [0.15, 0.2) is 0 Å². The fourth-order valence-electron chi connectivity index (χ4n) is 5.10. The number of ether oxygens (including phenoxy) is 2. The minimum Gasteiger partial charge on any atom is -0.360 e. The van der Waals surface area contributed by atoms with E-state index in [4.69, 9.17) is 9.47 Å². The lowest BCUT2D eigenvalue weighted by molar-refractivity contribution is -0.169. The normalized spacial score (nSPS) is 52.1. The van der Waals surface area contributed by atoms with Gasteiger partial charge >= 0.3 is 0 Å². The molecule has 4 aliphatic rings. The highest BCUT2D eigenvalue weighted by molar-refractivity contribution is 5.38. The van der Waals surface area contributed by atoms with Gasteiger partial charge in [-0.3, -0.25) is 0 Å². The van der Waals surface area contributed by atoms with Gasteiger partial charge in [0.05, 0.1) is 12.2 Å². The maximum absolute atomic E-state index is 11.3. The van der Waals surface area contributed by atoms with Gasteiger partial charge in [0, 0.05) is 0 Å². The average molecular weight is 318 g/mol. The monoisotopic (exact) mass is 318 g/mol. The third kappa shape index (κ3) is 2.20. The molecular formula is C20H30O3. The summed E-state index contributed by atoms with van der Waals surface area (Å²) < 4.78 is 12.0. The van der Waals surface area contributed by atoms with E-state index in [0.29, 0.717) is 12.5 Å². The minimum atomic E-state index is -1.18. The van der Waals surface area contributed by atoms with Crippen LogP contribution in [0.25, 0.3) is 0 Å². The number of fused-ring (bicyclic) bond motifs is 2. The van der Waals surface area contributed by atoms with Crippen molar-refractivity contribution in [2.45, 2.75) is 83.7 Å². The molecule has 1 fully saturated rings. The third-order valence-electron chi connectivity index (χ3n) is 7.25. The van der Waals surface area contributed by atoms with Gasteiger partial charge in [-0.1, -0.05) is 25.5 Å². The molecule has 0 radical (unpaired) electrons. The first-order valence-electron chi connectivity index (χ1n) is 9.22. The molecule has 2 aliphatic heterocycles. The second-order valence-corrected chi connectivity index (χ2v) is 8.70. The van der Waals surface area contributed by atoms with Gasteiger partial charge in [-0.15, -0.1) is 0 Å². The first-order valence-corrected chi connectivity index (χ1v) is 9.22. The van der Waals surface area contributed by atoms with Gasteiger partial charge in [0.25, 0.3) is 0 Å². The van der Waals surface area contributed by atoms with Gasteiger partial charge in [-0.2, -0.15) is 0 Å². The minimum absolute atomic E-state index is 0.137. The van der Waals surface area contributed by atoms with Gasteiger partial charge in [0.1, 0.15) is 6.10 Å². The Morgan fingerprint density at radius 2 is 1.96 bits per heavy atom. The van der Waals surface area contributed by atoms with Crippen LogP contribution in [0.15, 0.2) is 22.8 Å². The van der Waals surface area contributed by atoms with Gasteiger partial charge in [-0.25, -0.2) is 0 Å². The van der Waals surface area contributed by atoms with Crippen molar-refractivity contribution >= 4 is 0 Å². The van der Waals surface area contributed by atoms with E-state index in [2.05, 4.69) is 33.8 Å². The fraction of sp³-hybridized carbons (Fsp3) is 0.800. The molecule has 0 amide bonds. The predicted molar refractivity (Wildman–Crippen MR) is 89.9 cm³/mol.